The number of nitrogens with zero attached hydrogens (tertiary/aromatic N) is 1. The lowest BCUT2D eigenvalue weighted by Gasteiger charge is -2.30. The lowest BCUT2D eigenvalue weighted by molar-refractivity contribution is -0.140. The third-order valence-corrected chi connectivity index (χ3v) is 6.09. The maximum absolute atomic E-state index is 13.2. The second-order valence-electron chi connectivity index (χ2n) is 9.59. The predicted molar refractivity (Wildman–Crippen MR) is 133 cm³/mol. The Bertz CT molecular complexity index is 903. The van der Waals surface area contributed by atoms with Crippen LogP contribution in [-0.2, 0) is 28.0 Å². The van der Waals surface area contributed by atoms with Crippen LogP contribution >= 0.6 is 11.6 Å². The largest absolute Gasteiger partial charge is 0.352 e. The van der Waals surface area contributed by atoms with E-state index in [2.05, 4.69) is 50.4 Å². The van der Waals surface area contributed by atoms with Gasteiger partial charge < -0.3 is 10.2 Å². The molecule has 32 heavy (non-hydrogen) atoms. The van der Waals surface area contributed by atoms with Crippen LogP contribution in [0, 0.1) is 0 Å². The average Bonchev–Trinajstić information content (AvgIpc) is 2.75. The Balaban J connectivity index is 2.14. The summed E-state index contributed by atoms with van der Waals surface area (Å²) in [6.07, 6.45) is 1.82. The Labute approximate surface area is 198 Å². The summed E-state index contributed by atoms with van der Waals surface area (Å²) in [6, 6.07) is 15.4. The zero-order chi connectivity index (χ0) is 23.9. The number of rotatable bonds is 9. The first-order valence-corrected chi connectivity index (χ1v) is 11.8. The normalized spacial score (nSPS) is 13.3. The van der Waals surface area contributed by atoms with Crippen LogP contribution in [0.3, 0.4) is 0 Å². The highest BCUT2D eigenvalue weighted by Crippen LogP contribution is 2.23. The molecule has 0 aromatic heterocycles. The minimum absolute atomic E-state index is 0.0447. The predicted octanol–water partition coefficient (Wildman–Crippen LogP) is 5.90. The highest BCUT2D eigenvalue weighted by molar-refractivity contribution is 6.30. The SMILES string of the molecule is CC[C@H](C)NC(=O)[C@H](C)N(Cc1cccc(Cl)c1)C(=O)CCc1ccc(C(C)(C)C)cc1. The van der Waals surface area contributed by atoms with E-state index in [0.717, 1.165) is 17.5 Å². The Morgan fingerprint density at radius 2 is 1.69 bits per heavy atom. The number of carbonyl (C=O) groups excluding carboxylic acids is 2. The van der Waals surface area contributed by atoms with Crippen LogP contribution in [0.25, 0.3) is 0 Å². The molecule has 5 heteroatoms. The second kappa shape index (κ2) is 11.5. The zero-order valence-electron chi connectivity index (χ0n) is 20.2. The molecular weight excluding hydrogens is 420 g/mol. The van der Waals surface area contributed by atoms with Crippen molar-refractivity contribution in [2.45, 2.75) is 84.8 Å². The molecule has 2 aromatic carbocycles. The Hall–Kier alpha value is -2.33. The molecule has 2 amide bonds. The van der Waals surface area contributed by atoms with E-state index >= 15 is 0 Å². The lowest BCUT2D eigenvalue weighted by Crippen LogP contribution is -2.49. The Kier molecular flexibility index (Phi) is 9.33. The van der Waals surface area contributed by atoms with Crippen LogP contribution in [-0.4, -0.2) is 28.8 Å². The lowest BCUT2D eigenvalue weighted by atomic mass is 9.86. The number of nitrogens with one attached hydrogen (secondary N) is 1. The van der Waals surface area contributed by atoms with Crippen molar-refractivity contribution in [3.8, 4) is 0 Å². The van der Waals surface area contributed by atoms with Crippen molar-refractivity contribution >= 4 is 23.4 Å². The van der Waals surface area contributed by atoms with Gasteiger partial charge in [-0.3, -0.25) is 9.59 Å². The summed E-state index contributed by atoms with van der Waals surface area (Å²) in [6.45, 7) is 12.7. The molecule has 0 saturated carbocycles. The smallest absolute Gasteiger partial charge is 0.242 e. The quantitative estimate of drug-likeness (QED) is 0.510. The molecule has 174 valence electrons. The minimum Gasteiger partial charge on any atom is -0.352 e. The van der Waals surface area contributed by atoms with Crippen molar-refractivity contribution in [1.82, 2.24) is 10.2 Å². The number of aryl methyl sites for hydroxylation is 1. The molecule has 4 nitrogen and oxygen atoms in total. The van der Waals surface area contributed by atoms with Gasteiger partial charge in [0.2, 0.25) is 11.8 Å². The average molecular weight is 457 g/mol. The summed E-state index contributed by atoms with van der Waals surface area (Å²) in [7, 11) is 0. The monoisotopic (exact) mass is 456 g/mol. The van der Waals surface area contributed by atoms with Gasteiger partial charge in [0.1, 0.15) is 6.04 Å². The Morgan fingerprint density at radius 1 is 1.03 bits per heavy atom. The number of benzene rings is 2. The number of hydrogen-bond donors (Lipinski definition) is 1. The number of hydrogen-bond acceptors (Lipinski definition) is 2. The molecular formula is C27H37ClN2O2. The van der Waals surface area contributed by atoms with E-state index in [1.807, 2.05) is 32.0 Å². The summed E-state index contributed by atoms with van der Waals surface area (Å²) in [5, 5.41) is 3.61. The van der Waals surface area contributed by atoms with Crippen LogP contribution in [0.1, 0.15) is 71.1 Å². The molecule has 0 heterocycles. The van der Waals surface area contributed by atoms with Gasteiger partial charge in [-0.15, -0.1) is 0 Å². The number of amides is 2. The van der Waals surface area contributed by atoms with E-state index in [9.17, 15) is 9.59 Å². The van der Waals surface area contributed by atoms with E-state index in [1.54, 1.807) is 17.9 Å². The van der Waals surface area contributed by atoms with Gasteiger partial charge >= 0.3 is 0 Å². The van der Waals surface area contributed by atoms with Crippen molar-refractivity contribution in [1.29, 1.82) is 0 Å². The second-order valence-corrected chi connectivity index (χ2v) is 10.0. The summed E-state index contributed by atoms with van der Waals surface area (Å²) in [5.74, 6) is -0.180. The van der Waals surface area contributed by atoms with Gasteiger partial charge in [0.05, 0.1) is 0 Å². The highest BCUT2D eigenvalue weighted by Gasteiger charge is 2.26. The summed E-state index contributed by atoms with van der Waals surface area (Å²) in [5.41, 5.74) is 3.39. The third-order valence-electron chi connectivity index (χ3n) is 5.86. The molecule has 0 bridgehead atoms. The fourth-order valence-corrected chi connectivity index (χ4v) is 3.66. The number of carbonyl (C=O) groups is 2. The van der Waals surface area contributed by atoms with Gasteiger partial charge in [-0.05, 0) is 60.9 Å². The van der Waals surface area contributed by atoms with Crippen molar-refractivity contribution in [3.05, 3.63) is 70.2 Å². The van der Waals surface area contributed by atoms with Crippen LogP contribution in [0.15, 0.2) is 48.5 Å². The van der Waals surface area contributed by atoms with Gasteiger partial charge in [-0.2, -0.15) is 0 Å². The first kappa shape index (κ1) is 25.9. The molecule has 1 N–H and O–H groups in total. The first-order valence-electron chi connectivity index (χ1n) is 11.4. The fraction of sp³-hybridized carbons (Fsp3) is 0.481. The van der Waals surface area contributed by atoms with Gasteiger partial charge in [0.25, 0.3) is 0 Å². The van der Waals surface area contributed by atoms with E-state index in [4.69, 9.17) is 11.6 Å². The number of halogens is 1. The molecule has 2 rings (SSSR count). The molecule has 2 aromatic rings. The molecule has 0 aliphatic rings. The molecule has 0 aliphatic heterocycles. The van der Waals surface area contributed by atoms with Crippen LogP contribution in [0.5, 0.6) is 0 Å². The standard InChI is InChI=1S/C27H37ClN2O2/c1-7-19(2)29-26(32)20(3)30(18-22-9-8-10-24(28)17-22)25(31)16-13-21-11-14-23(15-12-21)27(4,5)6/h8-12,14-15,17,19-20H,7,13,16,18H2,1-6H3,(H,29,32)/t19-,20-/m0/s1. The van der Waals surface area contributed by atoms with E-state index in [1.165, 1.54) is 5.56 Å². The summed E-state index contributed by atoms with van der Waals surface area (Å²) in [4.78, 5) is 27.7. The first-order chi connectivity index (χ1) is 15.0. The molecule has 0 aliphatic carbocycles. The Morgan fingerprint density at radius 3 is 2.25 bits per heavy atom. The van der Waals surface area contributed by atoms with Crippen molar-refractivity contribution < 1.29 is 9.59 Å². The molecule has 0 radical (unpaired) electrons. The maximum atomic E-state index is 13.2. The van der Waals surface area contributed by atoms with Gasteiger partial charge in [-0.1, -0.05) is 75.7 Å². The van der Waals surface area contributed by atoms with Crippen molar-refractivity contribution in [3.63, 3.8) is 0 Å². The van der Waals surface area contributed by atoms with E-state index < -0.39 is 6.04 Å². The fourth-order valence-electron chi connectivity index (χ4n) is 3.45. The van der Waals surface area contributed by atoms with Gasteiger partial charge in [0.15, 0.2) is 0 Å². The van der Waals surface area contributed by atoms with Crippen LogP contribution in [0.2, 0.25) is 5.02 Å². The van der Waals surface area contributed by atoms with Gasteiger partial charge in [0, 0.05) is 24.0 Å². The minimum atomic E-state index is -0.571. The maximum Gasteiger partial charge on any atom is 0.242 e. The zero-order valence-corrected chi connectivity index (χ0v) is 21.0. The van der Waals surface area contributed by atoms with Gasteiger partial charge in [-0.25, -0.2) is 0 Å². The highest BCUT2D eigenvalue weighted by atomic mass is 35.5. The molecule has 0 spiro atoms. The third kappa shape index (κ3) is 7.67. The molecule has 0 fully saturated rings. The van der Waals surface area contributed by atoms with E-state index in [0.29, 0.717) is 24.4 Å². The van der Waals surface area contributed by atoms with Crippen LogP contribution < -0.4 is 5.32 Å². The molecule has 2 atom stereocenters. The molecule has 0 unspecified atom stereocenters. The topological polar surface area (TPSA) is 49.4 Å². The van der Waals surface area contributed by atoms with Crippen LogP contribution in [0.4, 0.5) is 0 Å². The summed E-state index contributed by atoms with van der Waals surface area (Å²) >= 11 is 6.14. The van der Waals surface area contributed by atoms with E-state index in [-0.39, 0.29) is 23.3 Å². The van der Waals surface area contributed by atoms with Crippen molar-refractivity contribution in [2.24, 2.45) is 0 Å². The molecule has 0 saturated heterocycles. The summed E-state index contributed by atoms with van der Waals surface area (Å²) < 4.78 is 0. The van der Waals surface area contributed by atoms with Crippen molar-refractivity contribution in [2.75, 3.05) is 0 Å².